The Labute approximate surface area is 153 Å². The summed E-state index contributed by atoms with van der Waals surface area (Å²) in [6.45, 7) is 4.82. The van der Waals surface area contributed by atoms with Gasteiger partial charge in [0.25, 0.3) is 0 Å². The van der Waals surface area contributed by atoms with Crippen LogP contribution in [0.2, 0.25) is 0 Å². The maximum Gasteiger partial charge on any atom is 0.234 e. The molecule has 1 saturated heterocycles. The molecule has 0 bridgehead atoms. The van der Waals surface area contributed by atoms with Gasteiger partial charge in [0.1, 0.15) is 6.10 Å². The Bertz CT molecular complexity index is 463. The summed E-state index contributed by atoms with van der Waals surface area (Å²) >= 11 is 1.60. The Morgan fingerprint density at radius 2 is 1.91 bits per heavy atom. The van der Waals surface area contributed by atoms with Crippen LogP contribution in [-0.2, 0) is 4.79 Å². The van der Waals surface area contributed by atoms with Crippen LogP contribution in [0.4, 0.5) is 0 Å². The van der Waals surface area contributed by atoms with Crippen molar-refractivity contribution in [3.63, 3.8) is 0 Å². The number of amides is 1. The van der Waals surface area contributed by atoms with Gasteiger partial charge >= 0.3 is 0 Å². The molecule has 1 aromatic rings. The summed E-state index contributed by atoms with van der Waals surface area (Å²) < 4.78 is 0. The summed E-state index contributed by atoms with van der Waals surface area (Å²) in [7, 11) is 0. The van der Waals surface area contributed by atoms with Gasteiger partial charge in [-0.15, -0.1) is 36.2 Å². The van der Waals surface area contributed by atoms with Crippen LogP contribution in [0.15, 0.2) is 17.5 Å². The fourth-order valence-electron chi connectivity index (χ4n) is 2.65. The third-order valence-electron chi connectivity index (χ3n) is 4.08. The Hall–Kier alpha value is -0.370. The minimum absolute atomic E-state index is 0. The van der Waals surface area contributed by atoms with Crippen molar-refractivity contribution in [1.29, 1.82) is 0 Å². The first-order chi connectivity index (χ1) is 10.2. The second kappa shape index (κ2) is 9.81. The molecule has 8 heteroatoms. The molecule has 1 aliphatic carbocycles. The van der Waals surface area contributed by atoms with Crippen molar-refractivity contribution in [1.82, 2.24) is 15.1 Å². The zero-order chi connectivity index (χ0) is 14.7. The van der Waals surface area contributed by atoms with E-state index in [1.54, 1.807) is 11.3 Å². The van der Waals surface area contributed by atoms with Crippen molar-refractivity contribution in [2.45, 2.75) is 25.0 Å². The summed E-state index contributed by atoms with van der Waals surface area (Å²) in [6, 6.07) is 4.40. The van der Waals surface area contributed by atoms with Crippen LogP contribution in [0.3, 0.4) is 0 Å². The van der Waals surface area contributed by atoms with Crippen LogP contribution in [-0.4, -0.2) is 66.1 Å². The molecule has 3 rings (SSSR count). The number of piperazine rings is 1. The van der Waals surface area contributed by atoms with E-state index in [1.165, 1.54) is 0 Å². The Morgan fingerprint density at radius 1 is 1.26 bits per heavy atom. The van der Waals surface area contributed by atoms with Gasteiger partial charge in [0.2, 0.25) is 5.91 Å². The number of carbonyl (C=O) groups is 1. The summed E-state index contributed by atoms with van der Waals surface area (Å²) in [5, 5.41) is 15.2. The maximum absolute atomic E-state index is 11.8. The predicted octanol–water partition coefficient (Wildman–Crippen LogP) is 1.52. The smallest absolute Gasteiger partial charge is 0.234 e. The summed E-state index contributed by atoms with van der Waals surface area (Å²) in [5.74, 6) is 0.157. The fraction of sp³-hybridized carbons (Fsp3) is 0.667. The molecule has 1 atom stereocenters. The molecule has 2 aliphatic rings. The molecule has 0 radical (unpaired) electrons. The molecule has 2 fully saturated rings. The highest BCUT2D eigenvalue weighted by atomic mass is 35.5. The van der Waals surface area contributed by atoms with Gasteiger partial charge in [-0.3, -0.25) is 14.6 Å². The number of hydrogen-bond donors (Lipinski definition) is 2. The summed E-state index contributed by atoms with van der Waals surface area (Å²) in [4.78, 5) is 17.3. The van der Waals surface area contributed by atoms with Gasteiger partial charge in [0.05, 0.1) is 6.54 Å². The Morgan fingerprint density at radius 3 is 2.48 bits per heavy atom. The average Bonchev–Trinajstić information content (AvgIpc) is 3.10. The fourth-order valence-corrected chi connectivity index (χ4v) is 3.35. The van der Waals surface area contributed by atoms with E-state index in [2.05, 4.69) is 15.1 Å². The highest BCUT2D eigenvalue weighted by Gasteiger charge is 2.25. The highest BCUT2D eigenvalue weighted by molar-refractivity contribution is 7.10. The van der Waals surface area contributed by atoms with Gasteiger partial charge in [-0.2, -0.15) is 0 Å². The first-order valence-corrected chi connectivity index (χ1v) is 8.54. The molecule has 0 aromatic carbocycles. The zero-order valence-electron chi connectivity index (χ0n) is 13.0. The molecule has 1 aliphatic heterocycles. The topological polar surface area (TPSA) is 55.8 Å². The number of nitrogens with zero attached hydrogens (tertiary/aromatic N) is 2. The lowest BCUT2D eigenvalue weighted by atomic mass is 10.2. The number of hydrogen-bond acceptors (Lipinski definition) is 5. The molecule has 2 heterocycles. The number of rotatable bonds is 6. The number of aliphatic hydroxyl groups excluding tert-OH is 1. The number of halogens is 2. The van der Waals surface area contributed by atoms with Gasteiger partial charge in [0.15, 0.2) is 0 Å². The number of thiophene rings is 1. The highest BCUT2D eigenvalue weighted by Crippen LogP contribution is 2.20. The largest absolute Gasteiger partial charge is 0.386 e. The van der Waals surface area contributed by atoms with Crippen molar-refractivity contribution in [2.75, 3.05) is 39.3 Å². The van der Waals surface area contributed by atoms with Crippen LogP contribution in [0.5, 0.6) is 0 Å². The van der Waals surface area contributed by atoms with Gasteiger partial charge in [-0.05, 0) is 24.3 Å². The lowest BCUT2D eigenvalue weighted by molar-refractivity contribution is -0.122. The van der Waals surface area contributed by atoms with Gasteiger partial charge in [-0.1, -0.05) is 6.07 Å². The lowest BCUT2D eigenvalue weighted by Gasteiger charge is -2.35. The molecular formula is C15H25Cl2N3O2S. The van der Waals surface area contributed by atoms with Crippen LogP contribution in [0, 0.1) is 0 Å². The molecule has 1 amide bonds. The van der Waals surface area contributed by atoms with Crippen LogP contribution in [0.25, 0.3) is 0 Å². The third-order valence-corrected chi connectivity index (χ3v) is 5.05. The van der Waals surface area contributed by atoms with Gasteiger partial charge < -0.3 is 10.4 Å². The van der Waals surface area contributed by atoms with Gasteiger partial charge in [0, 0.05) is 43.6 Å². The second-order valence-corrected chi connectivity index (χ2v) is 6.93. The van der Waals surface area contributed by atoms with Crippen LogP contribution >= 0.6 is 36.2 Å². The summed E-state index contributed by atoms with van der Waals surface area (Å²) in [6.07, 6.45) is 1.88. The average molecular weight is 382 g/mol. The van der Waals surface area contributed by atoms with E-state index in [9.17, 15) is 9.90 Å². The third kappa shape index (κ3) is 6.57. The molecular weight excluding hydrogens is 357 g/mol. The van der Waals surface area contributed by atoms with Crippen molar-refractivity contribution < 1.29 is 9.90 Å². The Balaban J connectivity index is 0.00000132. The van der Waals surface area contributed by atoms with E-state index >= 15 is 0 Å². The minimum atomic E-state index is -0.394. The first-order valence-electron chi connectivity index (χ1n) is 7.66. The maximum atomic E-state index is 11.8. The number of nitrogens with one attached hydrogen (secondary N) is 1. The normalized spacial score (nSPS) is 20.2. The van der Waals surface area contributed by atoms with Crippen molar-refractivity contribution in [3.8, 4) is 0 Å². The molecule has 5 nitrogen and oxygen atoms in total. The standard InChI is InChI=1S/C15H23N3O2S.2ClH/c19-13(14-2-1-9-21-14)10-17-5-7-18(8-6-17)11-15(20)16-12-3-4-12;;/h1-2,9,12-13,19H,3-8,10-11H2,(H,16,20);2*1H. The van der Waals surface area contributed by atoms with E-state index < -0.39 is 6.10 Å². The molecule has 1 unspecified atom stereocenters. The molecule has 132 valence electrons. The predicted molar refractivity (Wildman–Crippen MR) is 97.8 cm³/mol. The quantitative estimate of drug-likeness (QED) is 0.784. The molecule has 1 saturated carbocycles. The van der Waals surface area contributed by atoms with Crippen LogP contribution < -0.4 is 5.32 Å². The first kappa shape index (κ1) is 20.7. The lowest BCUT2D eigenvalue weighted by Crippen LogP contribution is -2.50. The van der Waals surface area contributed by atoms with E-state index in [4.69, 9.17) is 0 Å². The number of β-amino-alcohol motifs (C(OH)–C–C–N with tert-alkyl or cyclic N) is 1. The van der Waals surface area contributed by atoms with E-state index in [0.29, 0.717) is 19.1 Å². The van der Waals surface area contributed by atoms with Crippen molar-refractivity contribution >= 4 is 42.1 Å². The van der Waals surface area contributed by atoms with Crippen molar-refractivity contribution in [2.24, 2.45) is 0 Å². The molecule has 0 spiro atoms. The van der Waals surface area contributed by atoms with Crippen LogP contribution in [0.1, 0.15) is 23.8 Å². The monoisotopic (exact) mass is 381 g/mol. The number of aliphatic hydroxyl groups is 1. The summed E-state index contributed by atoms with van der Waals surface area (Å²) in [5.41, 5.74) is 0. The van der Waals surface area contributed by atoms with E-state index in [0.717, 1.165) is 43.9 Å². The second-order valence-electron chi connectivity index (χ2n) is 5.95. The SMILES string of the molecule is Cl.Cl.O=C(CN1CCN(CC(O)c2cccs2)CC1)NC1CC1. The minimum Gasteiger partial charge on any atom is -0.386 e. The van der Waals surface area contributed by atoms with Gasteiger partial charge in [-0.25, -0.2) is 0 Å². The molecule has 23 heavy (non-hydrogen) atoms. The number of carbonyl (C=O) groups excluding carboxylic acids is 1. The van der Waals surface area contributed by atoms with E-state index in [1.807, 2.05) is 17.5 Å². The molecule has 1 aromatic heterocycles. The van der Waals surface area contributed by atoms with E-state index in [-0.39, 0.29) is 30.7 Å². The van der Waals surface area contributed by atoms with Crippen molar-refractivity contribution in [3.05, 3.63) is 22.4 Å². The molecule has 2 N–H and O–H groups in total. The zero-order valence-corrected chi connectivity index (χ0v) is 15.5. The Kier molecular flexibility index (Phi) is 8.82.